The zero-order valence-electron chi connectivity index (χ0n) is 15.0. The van der Waals surface area contributed by atoms with E-state index in [9.17, 15) is 14.7 Å². The lowest BCUT2D eigenvalue weighted by molar-refractivity contribution is 0.0695. The molecule has 2 aromatic heterocycles. The molecule has 5 rings (SSSR count). The van der Waals surface area contributed by atoms with Gasteiger partial charge in [-0.05, 0) is 32.6 Å². The van der Waals surface area contributed by atoms with E-state index in [0.717, 1.165) is 25.7 Å². The average molecular weight is 372 g/mol. The Labute approximate surface area is 154 Å². The maximum Gasteiger partial charge on any atom is 0.341 e. The molecule has 0 radical (unpaired) electrons. The number of carboxylic acid groups (broad SMARTS) is 1. The van der Waals surface area contributed by atoms with Crippen LogP contribution in [-0.4, -0.2) is 39.8 Å². The molecule has 2 unspecified atom stereocenters. The normalized spacial score (nSPS) is 26.9. The van der Waals surface area contributed by atoms with Crippen molar-refractivity contribution in [1.29, 1.82) is 0 Å². The molecule has 2 aliphatic carbocycles. The van der Waals surface area contributed by atoms with Crippen molar-refractivity contribution in [1.82, 2.24) is 9.55 Å². The first kappa shape index (κ1) is 16.7. The summed E-state index contributed by atoms with van der Waals surface area (Å²) >= 11 is 0. The van der Waals surface area contributed by atoms with E-state index in [4.69, 9.17) is 5.73 Å². The Morgan fingerprint density at radius 2 is 2.15 bits per heavy atom. The summed E-state index contributed by atoms with van der Waals surface area (Å²) in [7, 11) is 0. The SMILES string of the molecule is Cc1c(F)c(N2CCC3(CC3N)C2)nc2c1c(=O)c(C(=O)O)cn2C1CC1. The number of aromatic carboxylic acids is 1. The van der Waals surface area contributed by atoms with Crippen molar-refractivity contribution in [3.63, 3.8) is 0 Å². The average Bonchev–Trinajstić information content (AvgIpc) is 3.51. The molecule has 8 heteroatoms. The van der Waals surface area contributed by atoms with Crippen LogP contribution in [-0.2, 0) is 0 Å². The maximum absolute atomic E-state index is 15.2. The third-order valence-corrected chi connectivity index (χ3v) is 6.43. The van der Waals surface area contributed by atoms with Crippen LogP contribution < -0.4 is 16.1 Å². The van der Waals surface area contributed by atoms with Gasteiger partial charge in [0.1, 0.15) is 11.2 Å². The minimum Gasteiger partial charge on any atom is -0.477 e. The molecule has 3 fully saturated rings. The van der Waals surface area contributed by atoms with Gasteiger partial charge >= 0.3 is 5.97 Å². The Morgan fingerprint density at radius 3 is 2.70 bits per heavy atom. The Balaban J connectivity index is 1.72. The molecule has 0 aromatic carbocycles. The van der Waals surface area contributed by atoms with Crippen molar-refractivity contribution >= 4 is 22.8 Å². The standard InChI is InChI=1S/C19H21FN4O3/c1-9-13-15(25)11(18(26)27)7-24(10-2-3-10)16(13)22-17(14(9)20)23-5-4-19(8-23)6-12(19)21/h7,10,12H,2-6,8,21H2,1H3,(H,26,27). The van der Waals surface area contributed by atoms with Gasteiger partial charge in [0.2, 0.25) is 5.43 Å². The Kier molecular flexibility index (Phi) is 3.26. The van der Waals surface area contributed by atoms with Gasteiger partial charge in [-0.25, -0.2) is 14.2 Å². The van der Waals surface area contributed by atoms with E-state index in [0.29, 0.717) is 18.7 Å². The van der Waals surface area contributed by atoms with E-state index in [1.54, 1.807) is 4.57 Å². The molecular weight excluding hydrogens is 351 g/mol. The molecule has 3 aliphatic rings. The minimum absolute atomic E-state index is 0.0695. The lowest BCUT2D eigenvalue weighted by atomic mass is 10.1. The van der Waals surface area contributed by atoms with E-state index in [2.05, 4.69) is 4.98 Å². The number of nitrogens with zero attached hydrogens (tertiary/aromatic N) is 3. The largest absolute Gasteiger partial charge is 0.477 e. The van der Waals surface area contributed by atoms with Gasteiger partial charge in [-0.15, -0.1) is 0 Å². The van der Waals surface area contributed by atoms with Crippen LogP contribution >= 0.6 is 0 Å². The molecule has 3 heterocycles. The molecular formula is C19H21FN4O3. The lowest BCUT2D eigenvalue weighted by Crippen LogP contribution is -2.27. The van der Waals surface area contributed by atoms with Gasteiger partial charge in [0, 0.05) is 42.3 Å². The summed E-state index contributed by atoms with van der Waals surface area (Å²) in [4.78, 5) is 30.6. The highest BCUT2D eigenvalue weighted by molar-refractivity contribution is 5.93. The number of halogens is 1. The molecule has 1 aliphatic heterocycles. The number of anilines is 1. The van der Waals surface area contributed by atoms with E-state index in [-0.39, 0.29) is 39.8 Å². The molecule has 2 aromatic rings. The number of hydrogen-bond donors (Lipinski definition) is 2. The number of nitrogens with two attached hydrogens (primary N) is 1. The van der Waals surface area contributed by atoms with E-state index in [1.807, 2.05) is 4.90 Å². The molecule has 0 bridgehead atoms. The van der Waals surface area contributed by atoms with E-state index in [1.165, 1.54) is 13.1 Å². The Morgan fingerprint density at radius 1 is 1.44 bits per heavy atom. The van der Waals surface area contributed by atoms with Gasteiger partial charge in [-0.1, -0.05) is 0 Å². The Bertz CT molecular complexity index is 1060. The summed E-state index contributed by atoms with van der Waals surface area (Å²) in [5.41, 5.74) is 5.66. The van der Waals surface area contributed by atoms with E-state index < -0.39 is 17.2 Å². The summed E-state index contributed by atoms with van der Waals surface area (Å²) in [5.74, 6) is -1.60. The van der Waals surface area contributed by atoms with Gasteiger partial charge in [0.05, 0.1) is 5.39 Å². The lowest BCUT2D eigenvalue weighted by Gasteiger charge is -2.21. The van der Waals surface area contributed by atoms with Crippen molar-refractivity contribution in [2.24, 2.45) is 11.1 Å². The van der Waals surface area contributed by atoms with Gasteiger partial charge in [0.15, 0.2) is 11.6 Å². The number of rotatable bonds is 3. The molecule has 142 valence electrons. The quantitative estimate of drug-likeness (QED) is 0.852. The van der Waals surface area contributed by atoms with E-state index >= 15 is 4.39 Å². The van der Waals surface area contributed by atoms with Crippen molar-refractivity contribution in [3.05, 3.63) is 33.4 Å². The van der Waals surface area contributed by atoms with Crippen molar-refractivity contribution in [2.75, 3.05) is 18.0 Å². The summed E-state index contributed by atoms with van der Waals surface area (Å²) in [6.07, 6.45) is 5.02. The third kappa shape index (κ3) is 2.32. The van der Waals surface area contributed by atoms with Gasteiger partial charge in [0.25, 0.3) is 0 Å². The second kappa shape index (κ2) is 5.28. The monoisotopic (exact) mass is 372 g/mol. The van der Waals surface area contributed by atoms with Gasteiger partial charge < -0.3 is 20.3 Å². The van der Waals surface area contributed by atoms with Crippen LogP contribution in [0, 0.1) is 18.2 Å². The second-order valence-corrected chi connectivity index (χ2v) is 8.23. The molecule has 27 heavy (non-hydrogen) atoms. The minimum atomic E-state index is -1.30. The number of carboxylic acids is 1. The fraction of sp³-hybridized carbons (Fsp3) is 0.526. The second-order valence-electron chi connectivity index (χ2n) is 8.23. The fourth-order valence-corrected chi connectivity index (χ4v) is 4.42. The van der Waals surface area contributed by atoms with Crippen LogP contribution in [0.5, 0.6) is 0 Å². The first-order valence-corrected chi connectivity index (χ1v) is 9.31. The van der Waals surface area contributed by atoms with Crippen molar-refractivity contribution in [3.8, 4) is 0 Å². The van der Waals surface area contributed by atoms with Crippen molar-refractivity contribution < 1.29 is 14.3 Å². The number of aromatic nitrogens is 2. The zero-order valence-corrected chi connectivity index (χ0v) is 15.0. The predicted molar refractivity (Wildman–Crippen MR) is 97.8 cm³/mol. The van der Waals surface area contributed by atoms with Crippen LogP contribution in [0.3, 0.4) is 0 Å². The molecule has 2 atom stereocenters. The first-order chi connectivity index (χ1) is 12.8. The molecule has 3 N–H and O–H groups in total. The number of fused-ring (bicyclic) bond motifs is 1. The topological polar surface area (TPSA) is 101 Å². The summed E-state index contributed by atoms with van der Waals surface area (Å²) in [6, 6.07) is 0.271. The number of pyridine rings is 2. The summed E-state index contributed by atoms with van der Waals surface area (Å²) in [5, 5.41) is 9.45. The number of carbonyl (C=O) groups is 1. The Hall–Kier alpha value is -2.48. The highest BCUT2D eigenvalue weighted by Gasteiger charge is 2.56. The van der Waals surface area contributed by atoms with Crippen LogP contribution in [0.15, 0.2) is 11.0 Å². The van der Waals surface area contributed by atoms with Crippen LogP contribution in [0.25, 0.3) is 11.0 Å². The highest BCUT2D eigenvalue weighted by Crippen LogP contribution is 2.52. The summed E-state index contributed by atoms with van der Waals surface area (Å²) in [6.45, 7) is 2.88. The van der Waals surface area contributed by atoms with Gasteiger partial charge in [-0.2, -0.15) is 0 Å². The highest BCUT2D eigenvalue weighted by atomic mass is 19.1. The molecule has 2 saturated carbocycles. The zero-order chi connectivity index (χ0) is 19.1. The smallest absolute Gasteiger partial charge is 0.341 e. The summed E-state index contributed by atoms with van der Waals surface area (Å²) < 4.78 is 16.9. The third-order valence-electron chi connectivity index (χ3n) is 6.43. The predicted octanol–water partition coefficient (Wildman–Crippen LogP) is 1.80. The number of aryl methyl sites for hydroxylation is 1. The molecule has 1 spiro atoms. The van der Waals surface area contributed by atoms with Crippen LogP contribution in [0.4, 0.5) is 10.2 Å². The van der Waals surface area contributed by atoms with Crippen molar-refractivity contribution in [2.45, 2.75) is 44.7 Å². The van der Waals surface area contributed by atoms with Crippen LogP contribution in [0.1, 0.15) is 47.6 Å². The molecule has 1 saturated heterocycles. The molecule has 7 nitrogen and oxygen atoms in total. The van der Waals surface area contributed by atoms with Gasteiger partial charge in [-0.3, -0.25) is 4.79 Å². The maximum atomic E-state index is 15.2. The first-order valence-electron chi connectivity index (χ1n) is 9.31. The molecule has 0 amide bonds. The number of hydrogen-bond acceptors (Lipinski definition) is 5. The fourth-order valence-electron chi connectivity index (χ4n) is 4.42. The van der Waals surface area contributed by atoms with Crippen LogP contribution in [0.2, 0.25) is 0 Å².